The van der Waals surface area contributed by atoms with Gasteiger partial charge in [-0.3, -0.25) is 4.79 Å². The van der Waals surface area contributed by atoms with Crippen molar-refractivity contribution >= 4 is 5.91 Å². The average Bonchev–Trinajstić information content (AvgIpc) is 3.01. The Bertz CT molecular complexity index is 496. The molecular weight excluding hydrogens is 278 g/mol. The maximum atomic E-state index is 12.4. The van der Waals surface area contributed by atoms with Crippen molar-refractivity contribution in [3.8, 4) is 0 Å². The highest BCUT2D eigenvalue weighted by Crippen LogP contribution is 2.34. The molecule has 2 aliphatic rings. The van der Waals surface area contributed by atoms with Gasteiger partial charge in [-0.25, -0.2) is 0 Å². The molecule has 1 aliphatic carbocycles. The Hall–Kier alpha value is -1.39. The summed E-state index contributed by atoms with van der Waals surface area (Å²) >= 11 is 0. The topological polar surface area (TPSA) is 58.6 Å². The smallest absolute Gasteiger partial charge is 0.223 e. The highest BCUT2D eigenvalue weighted by molar-refractivity contribution is 5.79. The highest BCUT2D eigenvalue weighted by Gasteiger charge is 2.36. The zero-order chi connectivity index (χ0) is 15.4. The first-order valence-electron chi connectivity index (χ1n) is 8.29. The van der Waals surface area contributed by atoms with Crippen molar-refractivity contribution in [2.24, 2.45) is 5.92 Å². The summed E-state index contributed by atoms with van der Waals surface area (Å²) in [6, 6.07) is 10.4. The van der Waals surface area contributed by atoms with Crippen molar-refractivity contribution in [1.29, 1.82) is 0 Å². The number of hydrogen-bond acceptors (Lipinski definition) is 3. The molecule has 4 heteroatoms. The molecule has 0 radical (unpaired) electrons. The van der Waals surface area contributed by atoms with E-state index in [1.807, 2.05) is 6.07 Å². The third kappa shape index (κ3) is 3.33. The molecular formula is C18H25NO3. The molecule has 1 heterocycles. The molecule has 1 saturated heterocycles. The van der Waals surface area contributed by atoms with Crippen LogP contribution < -0.4 is 5.32 Å². The minimum Gasteiger partial charge on any atom is -0.393 e. The SMILES string of the molecule is O=C(NCC1(c2ccccc2)CCOCC1)[C@H]1CC[C@H](O)C1. The Morgan fingerprint density at radius 3 is 2.59 bits per heavy atom. The van der Waals surface area contributed by atoms with Gasteiger partial charge in [0.1, 0.15) is 0 Å². The van der Waals surface area contributed by atoms with E-state index in [-0.39, 0.29) is 23.3 Å². The molecule has 3 rings (SSSR count). The van der Waals surface area contributed by atoms with Gasteiger partial charge in [0, 0.05) is 31.1 Å². The van der Waals surface area contributed by atoms with Gasteiger partial charge in [0.05, 0.1) is 6.10 Å². The van der Waals surface area contributed by atoms with Gasteiger partial charge in [0.15, 0.2) is 0 Å². The third-order valence-corrected chi connectivity index (χ3v) is 5.21. The predicted molar refractivity (Wildman–Crippen MR) is 84.5 cm³/mol. The minimum atomic E-state index is -0.304. The molecule has 2 fully saturated rings. The lowest BCUT2D eigenvalue weighted by Crippen LogP contribution is -2.45. The Morgan fingerprint density at radius 1 is 1.23 bits per heavy atom. The maximum absolute atomic E-state index is 12.4. The van der Waals surface area contributed by atoms with E-state index >= 15 is 0 Å². The lowest BCUT2D eigenvalue weighted by Gasteiger charge is -2.38. The molecule has 2 N–H and O–H groups in total. The second kappa shape index (κ2) is 6.80. The average molecular weight is 303 g/mol. The van der Waals surface area contributed by atoms with Crippen LogP contribution in [0.1, 0.15) is 37.7 Å². The second-order valence-corrected chi connectivity index (χ2v) is 6.64. The van der Waals surface area contributed by atoms with E-state index in [1.54, 1.807) is 0 Å². The number of amides is 1. The van der Waals surface area contributed by atoms with Crippen LogP contribution in [0.4, 0.5) is 0 Å². The number of benzene rings is 1. The molecule has 0 unspecified atom stereocenters. The molecule has 1 amide bonds. The Balaban J connectivity index is 1.67. The highest BCUT2D eigenvalue weighted by atomic mass is 16.5. The molecule has 120 valence electrons. The molecule has 1 aliphatic heterocycles. The number of aliphatic hydroxyl groups is 1. The van der Waals surface area contributed by atoms with Gasteiger partial charge in [-0.2, -0.15) is 0 Å². The summed E-state index contributed by atoms with van der Waals surface area (Å²) in [6.07, 6.45) is 3.72. The van der Waals surface area contributed by atoms with Gasteiger partial charge in [-0.1, -0.05) is 30.3 Å². The van der Waals surface area contributed by atoms with Crippen molar-refractivity contribution in [2.45, 2.75) is 43.6 Å². The first-order valence-corrected chi connectivity index (χ1v) is 8.29. The monoisotopic (exact) mass is 303 g/mol. The molecule has 1 saturated carbocycles. The normalized spacial score (nSPS) is 27.5. The molecule has 1 aromatic carbocycles. The number of rotatable bonds is 4. The summed E-state index contributed by atoms with van der Waals surface area (Å²) < 4.78 is 5.52. The first-order chi connectivity index (χ1) is 10.7. The summed E-state index contributed by atoms with van der Waals surface area (Å²) in [4.78, 5) is 12.4. The molecule has 4 nitrogen and oxygen atoms in total. The van der Waals surface area contributed by atoms with E-state index in [9.17, 15) is 9.90 Å². The van der Waals surface area contributed by atoms with Crippen LogP contribution in [0.3, 0.4) is 0 Å². The lowest BCUT2D eigenvalue weighted by molar-refractivity contribution is -0.125. The number of ether oxygens (including phenoxy) is 1. The van der Waals surface area contributed by atoms with Crippen LogP contribution in [0.2, 0.25) is 0 Å². The van der Waals surface area contributed by atoms with E-state index in [1.165, 1.54) is 5.56 Å². The van der Waals surface area contributed by atoms with E-state index < -0.39 is 0 Å². The third-order valence-electron chi connectivity index (χ3n) is 5.21. The van der Waals surface area contributed by atoms with Crippen LogP contribution in [-0.2, 0) is 14.9 Å². The maximum Gasteiger partial charge on any atom is 0.223 e. The number of carbonyl (C=O) groups excluding carboxylic acids is 1. The van der Waals surface area contributed by atoms with Crippen molar-refractivity contribution in [3.05, 3.63) is 35.9 Å². The summed E-state index contributed by atoms with van der Waals surface area (Å²) in [7, 11) is 0. The van der Waals surface area contributed by atoms with Crippen LogP contribution in [0.25, 0.3) is 0 Å². The molecule has 0 aromatic heterocycles. The summed E-state index contributed by atoms with van der Waals surface area (Å²) in [5.74, 6) is 0.0704. The van der Waals surface area contributed by atoms with Crippen LogP contribution in [-0.4, -0.2) is 36.9 Å². The fourth-order valence-electron chi connectivity index (χ4n) is 3.72. The number of carbonyl (C=O) groups is 1. The van der Waals surface area contributed by atoms with E-state index in [0.717, 1.165) is 38.9 Å². The summed E-state index contributed by atoms with van der Waals surface area (Å²) in [5, 5.41) is 12.7. The molecule has 22 heavy (non-hydrogen) atoms. The van der Waals surface area contributed by atoms with Crippen LogP contribution in [0, 0.1) is 5.92 Å². The molecule has 2 atom stereocenters. The largest absolute Gasteiger partial charge is 0.393 e. The van der Waals surface area contributed by atoms with Gasteiger partial charge < -0.3 is 15.2 Å². The van der Waals surface area contributed by atoms with E-state index in [0.29, 0.717) is 13.0 Å². The fraction of sp³-hybridized carbons (Fsp3) is 0.611. The van der Waals surface area contributed by atoms with E-state index in [4.69, 9.17) is 4.74 Å². The fourth-order valence-corrected chi connectivity index (χ4v) is 3.72. The number of aliphatic hydroxyl groups excluding tert-OH is 1. The van der Waals surface area contributed by atoms with Gasteiger partial charge in [0.2, 0.25) is 5.91 Å². The van der Waals surface area contributed by atoms with Gasteiger partial charge in [-0.05, 0) is 37.7 Å². The van der Waals surface area contributed by atoms with Crippen LogP contribution >= 0.6 is 0 Å². The molecule has 0 spiro atoms. The number of hydrogen-bond donors (Lipinski definition) is 2. The quantitative estimate of drug-likeness (QED) is 0.894. The summed E-state index contributed by atoms with van der Waals surface area (Å²) in [6.45, 7) is 2.14. The van der Waals surface area contributed by atoms with Gasteiger partial charge in [-0.15, -0.1) is 0 Å². The predicted octanol–water partition coefficient (Wildman–Crippen LogP) is 2.01. The lowest BCUT2D eigenvalue weighted by atomic mass is 9.74. The number of nitrogens with one attached hydrogen (secondary N) is 1. The Morgan fingerprint density at radius 2 is 1.95 bits per heavy atom. The summed E-state index contributed by atoms with van der Waals surface area (Å²) in [5.41, 5.74) is 1.26. The standard InChI is InChI=1S/C18H25NO3/c20-16-7-6-14(12-16)17(21)19-13-18(8-10-22-11-9-18)15-4-2-1-3-5-15/h1-5,14,16,20H,6-13H2,(H,19,21)/t14-,16-/m0/s1. The Labute approximate surface area is 131 Å². The van der Waals surface area contributed by atoms with Crippen molar-refractivity contribution < 1.29 is 14.6 Å². The van der Waals surface area contributed by atoms with Crippen LogP contribution in [0.5, 0.6) is 0 Å². The van der Waals surface area contributed by atoms with Gasteiger partial charge in [0.25, 0.3) is 0 Å². The molecule has 1 aromatic rings. The van der Waals surface area contributed by atoms with Gasteiger partial charge >= 0.3 is 0 Å². The van der Waals surface area contributed by atoms with E-state index in [2.05, 4.69) is 29.6 Å². The van der Waals surface area contributed by atoms with Crippen molar-refractivity contribution in [3.63, 3.8) is 0 Å². The Kier molecular flexibility index (Phi) is 4.79. The zero-order valence-corrected chi connectivity index (χ0v) is 13.0. The van der Waals surface area contributed by atoms with Crippen molar-refractivity contribution in [2.75, 3.05) is 19.8 Å². The minimum absolute atomic E-state index is 0.0214. The second-order valence-electron chi connectivity index (χ2n) is 6.64. The zero-order valence-electron chi connectivity index (χ0n) is 13.0. The van der Waals surface area contributed by atoms with Crippen molar-refractivity contribution in [1.82, 2.24) is 5.32 Å². The molecule has 0 bridgehead atoms. The first kappa shape index (κ1) is 15.5. The van der Waals surface area contributed by atoms with Crippen LogP contribution in [0.15, 0.2) is 30.3 Å².